The van der Waals surface area contributed by atoms with E-state index in [1.807, 2.05) is 0 Å². The lowest BCUT2D eigenvalue weighted by atomic mass is 9.86. The van der Waals surface area contributed by atoms with Crippen molar-refractivity contribution in [2.24, 2.45) is 11.8 Å². The van der Waals surface area contributed by atoms with Gasteiger partial charge in [0.2, 0.25) is 15.9 Å². The van der Waals surface area contributed by atoms with Gasteiger partial charge >= 0.3 is 0 Å². The molecule has 2 fully saturated rings. The molecule has 2 unspecified atom stereocenters. The van der Waals surface area contributed by atoms with Gasteiger partial charge < -0.3 is 5.32 Å². The average molecular weight is 383 g/mol. The van der Waals surface area contributed by atoms with Crippen LogP contribution in [0.15, 0.2) is 29.2 Å². The number of piperidine rings is 1. The van der Waals surface area contributed by atoms with Crippen LogP contribution >= 0.6 is 0 Å². The van der Waals surface area contributed by atoms with Crippen molar-refractivity contribution in [1.29, 1.82) is 0 Å². The van der Waals surface area contributed by atoms with Crippen LogP contribution in [-0.2, 0) is 14.8 Å². The summed E-state index contributed by atoms with van der Waals surface area (Å²) in [4.78, 5) is 12.6. The van der Waals surface area contributed by atoms with Crippen LogP contribution < -0.4 is 5.32 Å². The summed E-state index contributed by atoms with van der Waals surface area (Å²) in [6.07, 6.45) is 5.49. The van der Waals surface area contributed by atoms with Gasteiger partial charge in [-0.15, -0.1) is 0 Å². The Balaban J connectivity index is 1.55. The molecule has 1 aliphatic heterocycles. The minimum atomic E-state index is -3.63. The summed E-state index contributed by atoms with van der Waals surface area (Å²) in [6.45, 7) is 2.86. The number of sulfonamides is 1. The molecule has 144 valence electrons. The maximum absolute atomic E-state index is 13.0. The van der Waals surface area contributed by atoms with E-state index in [-0.39, 0.29) is 22.8 Å². The second-order valence-electron chi connectivity index (χ2n) is 7.61. The first-order valence-electron chi connectivity index (χ1n) is 9.42. The van der Waals surface area contributed by atoms with Crippen LogP contribution in [0.4, 0.5) is 4.39 Å². The standard InChI is InChI=1S/C19H27FN2O3S/c1-14-3-2-4-17(13-14)21-19(23)15-9-11-22(12-10-15)26(24,25)18-7-5-16(20)6-8-18/h5-8,14-15,17H,2-4,9-13H2,1H3,(H,21,23). The third-order valence-corrected chi connectivity index (χ3v) is 7.47. The summed E-state index contributed by atoms with van der Waals surface area (Å²) in [7, 11) is -3.63. The molecule has 5 nitrogen and oxygen atoms in total. The highest BCUT2D eigenvalue weighted by molar-refractivity contribution is 7.89. The normalized spacial score (nSPS) is 25.8. The largest absolute Gasteiger partial charge is 0.353 e. The third kappa shape index (κ3) is 4.43. The minimum Gasteiger partial charge on any atom is -0.353 e. The molecule has 0 aromatic heterocycles. The Hall–Kier alpha value is -1.47. The number of rotatable bonds is 4. The Morgan fingerprint density at radius 2 is 1.77 bits per heavy atom. The number of hydrogen-bond donors (Lipinski definition) is 1. The van der Waals surface area contributed by atoms with Gasteiger partial charge in [-0.3, -0.25) is 4.79 Å². The van der Waals surface area contributed by atoms with E-state index in [1.165, 1.54) is 22.9 Å². The average Bonchev–Trinajstić information content (AvgIpc) is 2.62. The zero-order valence-electron chi connectivity index (χ0n) is 15.2. The van der Waals surface area contributed by atoms with E-state index in [1.54, 1.807) is 0 Å². The molecule has 0 radical (unpaired) electrons. The van der Waals surface area contributed by atoms with E-state index in [0.717, 1.165) is 31.4 Å². The van der Waals surface area contributed by atoms with Gasteiger partial charge in [-0.05, 0) is 55.9 Å². The van der Waals surface area contributed by atoms with Crippen molar-refractivity contribution in [2.75, 3.05) is 13.1 Å². The van der Waals surface area contributed by atoms with E-state index in [9.17, 15) is 17.6 Å². The van der Waals surface area contributed by atoms with Gasteiger partial charge in [0, 0.05) is 25.0 Å². The summed E-state index contributed by atoms with van der Waals surface area (Å²) in [5.41, 5.74) is 0. The van der Waals surface area contributed by atoms with Crippen LogP contribution in [0.25, 0.3) is 0 Å². The maximum Gasteiger partial charge on any atom is 0.243 e. The predicted molar refractivity (Wildman–Crippen MR) is 97.4 cm³/mol. The van der Waals surface area contributed by atoms with Gasteiger partial charge in [-0.1, -0.05) is 19.8 Å². The molecule has 7 heteroatoms. The molecule has 0 spiro atoms. The summed E-state index contributed by atoms with van der Waals surface area (Å²) in [6, 6.07) is 5.13. The van der Waals surface area contributed by atoms with Crippen LogP contribution in [0.1, 0.15) is 45.4 Å². The monoisotopic (exact) mass is 382 g/mol. The number of hydrogen-bond acceptors (Lipinski definition) is 3. The number of carbonyl (C=O) groups excluding carboxylic acids is 1. The van der Waals surface area contributed by atoms with Gasteiger partial charge in [0.1, 0.15) is 5.82 Å². The molecule has 26 heavy (non-hydrogen) atoms. The van der Waals surface area contributed by atoms with Crippen molar-refractivity contribution in [2.45, 2.75) is 56.4 Å². The Morgan fingerprint density at radius 1 is 1.12 bits per heavy atom. The van der Waals surface area contributed by atoms with E-state index in [4.69, 9.17) is 0 Å². The van der Waals surface area contributed by atoms with Crippen LogP contribution in [0.5, 0.6) is 0 Å². The van der Waals surface area contributed by atoms with E-state index < -0.39 is 15.8 Å². The Morgan fingerprint density at radius 3 is 2.38 bits per heavy atom. The second kappa shape index (κ2) is 8.05. The number of carbonyl (C=O) groups is 1. The summed E-state index contributed by atoms with van der Waals surface area (Å²) in [5, 5.41) is 3.16. The first-order valence-corrected chi connectivity index (χ1v) is 10.9. The number of nitrogens with one attached hydrogen (secondary N) is 1. The van der Waals surface area contributed by atoms with Crippen molar-refractivity contribution < 1.29 is 17.6 Å². The first-order chi connectivity index (χ1) is 12.4. The highest BCUT2D eigenvalue weighted by atomic mass is 32.2. The SMILES string of the molecule is CC1CCCC(NC(=O)C2CCN(S(=O)(=O)c3ccc(F)cc3)CC2)C1. The van der Waals surface area contributed by atoms with Gasteiger partial charge in [0.15, 0.2) is 0 Å². The predicted octanol–water partition coefficient (Wildman–Crippen LogP) is 2.92. The van der Waals surface area contributed by atoms with Crippen molar-refractivity contribution in [3.63, 3.8) is 0 Å². The molecule has 1 N–H and O–H groups in total. The van der Waals surface area contributed by atoms with Crippen molar-refractivity contribution in [1.82, 2.24) is 9.62 Å². The molecular weight excluding hydrogens is 355 g/mol. The van der Waals surface area contributed by atoms with Gasteiger partial charge in [-0.25, -0.2) is 12.8 Å². The molecule has 1 aromatic rings. The minimum absolute atomic E-state index is 0.0583. The van der Waals surface area contributed by atoms with Crippen LogP contribution in [0.2, 0.25) is 0 Å². The Labute approximate surface area is 155 Å². The Kier molecular flexibility index (Phi) is 5.97. The summed E-state index contributed by atoms with van der Waals surface area (Å²) in [5.74, 6) is 0.114. The van der Waals surface area contributed by atoms with E-state index in [0.29, 0.717) is 31.8 Å². The number of amides is 1. The molecule has 2 atom stereocenters. The maximum atomic E-state index is 13.0. The molecule has 3 rings (SSSR count). The highest BCUT2D eigenvalue weighted by Crippen LogP contribution is 2.26. The highest BCUT2D eigenvalue weighted by Gasteiger charge is 2.33. The van der Waals surface area contributed by atoms with Crippen molar-refractivity contribution >= 4 is 15.9 Å². The lowest BCUT2D eigenvalue weighted by Crippen LogP contribution is -2.46. The van der Waals surface area contributed by atoms with Crippen molar-refractivity contribution in [3.8, 4) is 0 Å². The number of halogens is 1. The molecule has 1 amide bonds. The van der Waals surface area contributed by atoms with Crippen molar-refractivity contribution in [3.05, 3.63) is 30.1 Å². The fourth-order valence-electron chi connectivity index (χ4n) is 4.00. The quantitative estimate of drug-likeness (QED) is 0.871. The first kappa shape index (κ1) is 19.3. The van der Waals surface area contributed by atoms with E-state index >= 15 is 0 Å². The van der Waals surface area contributed by atoms with Crippen LogP contribution in [-0.4, -0.2) is 37.8 Å². The Bertz CT molecular complexity index is 728. The molecular formula is C19H27FN2O3S. The van der Waals surface area contributed by atoms with Gasteiger partial charge in [-0.2, -0.15) is 4.31 Å². The molecule has 2 aliphatic rings. The van der Waals surface area contributed by atoms with Crippen LogP contribution in [0.3, 0.4) is 0 Å². The molecule has 1 heterocycles. The summed E-state index contributed by atoms with van der Waals surface area (Å²) < 4.78 is 39.7. The number of nitrogens with zero attached hydrogens (tertiary/aromatic N) is 1. The fraction of sp³-hybridized carbons (Fsp3) is 0.632. The van der Waals surface area contributed by atoms with Crippen LogP contribution in [0, 0.1) is 17.7 Å². The molecule has 1 aliphatic carbocycles. The molecule has 0 bridgehead atoms. The summed E-state index contributed by atoms with van der Waals surface area (Å²) >= 11 is 0. The van der Waals surface area contributed by atoms with Gasteiger partial charge in [0.25, 0.3) is 0 Å². The molecule has 1 saturated carbocycles. The zero-order chi connectivity index (χ0) is 18.7. The smallest absolute Gasteiger partial charge is 0.243 e. The van der Waals surface area contributed by atoms with E-state index in [2.05, 4.69) is 12.2 Å². The number of benzene rings is 1. The lowest BCUT2D eigenvalue weighted by Gasteiger charge is -2.33. The second-order valence-corrected chi connectivity index (χ2v) is 9.55. The van der Waals surface area contributed by atoms with Gasteiger partial charge in [0.05, 0.1) is 4.90 Å². The molecule has 1 aromatic carbocycles. The zero-order valence-corrected chi connectivity index (χ0v) is 16.0. The fourth-order valence-corrected chi connectivity index (χ4v) is 5.47. The lowest BCUT2D eigenvalue weighted by molar-refractivity contribution is -0.127. The third-order valence-electron chi connectivity index (χ3n) is 5.56. The molecule has 1 saturated heterocycles. The topological polar surface area (TPSA) is 66.5 Å².